The fourth-order valence-electron chi connectivity index (χ4n) is 5.19. The molecule has 0 saturated carbocycles. The first-order valence-corrected chi connectivity index (χ1v) is 11.4. The summed E-state index contributed by atoms with van der Waals surface area (Å²) in [4.78, 5) is 33.9. The van der Waals surface area contributed by atoms with Crippen LogP contribution in [0.4, 0.5) is 0 Å². The van der Waals surface area contributed by atoms with Crippen molar-refractivity contribution in [1.82, 2.24) is 14.8 Å². The van der Waals surface area contributed by atoms with Gasteiger partial charge in [-0.05, 0) is 43.0 Å². The highest BCUT2D eigenvalue weighted by Crippen LogP contribution is 2.42. The number of aromatic nitrogens is 1. The van der Waals surface area contributed by atoms with E-state index in [2.05, 4.69) is 11.9 Å². The number of hydrogen-bond acceptors (Lipinski definition) is 2. The summed E-state index contributed by atoms with van der Waals surface area (Å²) >= 11 is 6.28. The first-order valence-electron chi connectivity index (χ1n) is 11.0. The Hall–Kier alpha value is -2.79. The van der Waals surface area contributed by atoms with E-state index in [1.54, 1.807) is 0 Å². The Labute approximate surface area is 187 Å². The number of carbonyl (C=O) groups is 2. The molecule has 1 unspecified atom stereocenters. The van der Waals surface area contributed by atoms with Crippen LogP contribution in [0.3, 0.4) is 0 Å². The first-order chi connectivity index (χ1) is 15.0. The third-order valence-electron chi connectivity index (χ3n) is 6.77. The molecule has 2 aliphatic rings. The van der Waals surface area contributed by atoms with Crippen LogP contribution in [0.5, 0.6) is 0 Å². The van der Waals surface area contributed by atoms with Gasteiger partial charge in [-0.15, -0.1) is 0 Å². The molecule has 3 heterocycles. The summed E-state index contributed by atoms with van der Waals surface area (Å²) in [6.45, 7) is 4.80. The van der Waals surface area contributed by atoms with E-state index >= 15 is 0 Å². The summed E-state index contributed by atoms with van der Waals surface area (Å²) in [6.07, 6.45) is 2.54. The zero-order valence-electron chi connectivity index (χ0n) is 17.7. The molecule has 6 heteroatoms. The topological polar surface area (TPSA) is 56.4 Å². The molecule has 3 aromatic rings. The van der Waals surface area contributed by atoms with Crippen LogP contribution in [-0.2, 0) is 4.79 Å². The Morgan fingerprint density at radius 1 is 1.13 bits per heavy atom. The van der Waals surface area contributed by atoms with Crippen molar-refractivity contribution >= 4 is 34.3 Å². The van der Waals surface area contributed by atoms with Gasteiger partial charge in [0.25, 0.3) is 5.91 Å². The highest BCUT2D eigenvalue weighted by Gasteiger charge is 2.51. The van der Waals surface area contributed by atoms with Crippen LogP contribution in [0.2, 0.25) is 5.02 Å². The largest absolute Gasteiger partial charge is 0.350 e. The molecule has 160 valence electrons. The van der Waals surface area contributed by atoms with Crippen LogP contribution in [0, 0.1) is 5.41 Å². The lowest BCUT2D eigenvalue weighted by atomic mass is 9.85. The van der Waals surface area contributed by atoms with Gasteiger partial charge < -0.3 is 14.8 Å². The van der Waals surface area contributed by atoms with E-state index in [1.807, 2.05) is 58.3 Å². The monoisotopic (exact) mass is 435 g/mol. The summed E-state index contributed by atoms with van der Waals surface area (Å²) in [5.41, 5.74) is 2.88. The van der Waals surface area contributed by atoms with Gasteiger partial charge >= 0.3 is 0 Å². The van der Waals surface area contributed by atoms with Crippen molar-refractivity contribution in [1.29, 1.82) is 0 Å². The van der Waals surface area contributed by atoms with Gasteiger partial charge in [0.1, 0.15) is 5.69 Å². The van der Waals surface area contributed by atoms with Crippen molar-refractivity contribution in [2.24, 2.45) is 5.41 Å². The fourth-order valence-corrected chi connectivity index (χ4v) is 5.36. The molecule has 2 aliphatic heterocycles. The minimum Gasteiger partial charge on any atom is -0.350 e. The summed E-state index contributed by atoms with van der Waals surface area (Å²) in [5.74, 6) is 0.168. The second kappa shape index (κ2) is 7.72. The van der Waals surface area contributed by atoms with E-state index in [4.69, 9.17) is 11.6 Å². The number of H-pyrrole nitrogens is 1. The average Bonchev–Trinajstić information content (AvgIpc) is 3.46. The highest BCUT2D eigenvalue weighted by atomic mass is 35.5. The van der Waals surface area contributed by atoms with Crippen molar-refractivity contribution in [3.05, 3.63) is 59.2 Å². The number of aromatic amines is 1. The molecule has 1 spiro atoms. The Bertz CT molecular complexity index is 1160. The molecule has 1 atom stereocenters. The van der Waals surface area contributed by atoms with E-state index in [9.17, 15) is 9.59 Å². The van der Waals surface area contributed by atoms with E-state index in [0.717, 1.165) is 54.4 Å². The van der Waals surface area contributed by atoms with Gasteiger partial charge in [-0.2, -0.15) is 0 Å². The predicted molar refractivity (Wildman–Crippen MR) is 123 cm³/mol. The molecular weight excluding hydrogens is 410 g/mol. The Balaban J connectivity index is 1.51. The van der Waals surface area contributed by atoms with Crippen molar-refractivity contribution in [2.45, 2.75) is 26.2 Å². The summed E-state index contributed by atoms with van der Waals surface area (Å²) < 4.78 is 0. The smallest absolute Gasteiger partial charge is 0.270 e. The number of amides is 2. The van der Waals surface area contributed by atoms with Crippen molar-refractivity contribution in [2.75, 3.05) is 26.2 Å². The zero-order chi connectivity index (χ0) is 21.6. The third kappa shape index (κ3) is 3.32. The molecule has 5 nitrogen and oxygen atoms in total. The normalized spacial score (nSPS) is 21.0. The van der Waals surface area contributed by atoms with E-state index < -0.39 is 5.41 Å². The number of halogens is 1. The van der Waals surface area contributed by atoms with Gasteiger partial charge in [0.2, 0.25) is 5.91 Å². The van der Waals surface area contributed by atoms with Crippen LogP contribution in [0.25, 0.3) is 22.0 Å². The minimum absolute atomic E-state index is 0.0511. The Kier molecular flexibility index (Phi) is 5.01. The van der Waals surface area contributed by atoms with Gasteiger partial charge in [-0.3, -0.25) is 9.59 Å². The Morgan fingerprint density at radius 2 is 1.90 bits per heavy atom. The number of rotatable bonds is 4. The second-order valence-corrected chi connectivity index (χ2v) is 9.17. The number of carbonyl (C=O) groups excluding carboxylic acids is 2. The van der Waals surface area contributed by atoms with Crippen LogP contribution < -0.4 is 0 Å². The molecule has 0 radical (unpaired) electrons. The van der Waals surface area contributed by atoms with E-state index in [1.165, 1.54) is 0 Å². The molecule has 2 aromatic carbocycles. The predicted octanol–water partition coefficient (Wildman–Crippen LogP) is 4.96. The van der Waals surface area contributed by atoms with Crippen LogP contribution in [-0.4, -0.2) is 52.8 Å². The third-order valence-corrected chi connectivity index (χ3v) is 7.01. The number of hydrogen-bond donors (Lipinski definition) is 1. The van der Waals surface area contributed by atoms with Crippen LogP contribution in [0.15, 0.2) is 48.5 Å². The SMILES string of the molecule is CCCN1CCC2(CCN(C(=O)c3[nH]c4ccc(Cl)cc4c3-c3ccccc3)C2)C1=O. The maximum absolute atomic E-state index is 13.7. The van der Waals surface area contributed by atoms with Crippen LogP contribution in [0.1, 0.15) is 36.7 Å². The van der Waals surface area contributed by atoms with Gasteiger partial charge in [-0.1, -0.05) is 48.9 Å². The number of fused-ring (bicyclic) bond motifs is 1. The van der Waals surface area contributed by atoms with E-state index in [-0.39, 0.29) is 11.8 Å². The van der Waals surface area contributed by atoms with Crippen molar-refractivity contribution in [3.63, 3.8) is 0 Å². The zero-order valence-corrected chi connectivity index (χ0v) is 18.4. The highest BCUT2D eigenvalue weighted by molar-refractivity contribution is 6.31. The molecule has 2 fully saturated rings. The molecule has 0 bridgehead atoms. The number of nitrogens with zero attached hydrogens (tertiary/aromatic N) is 2. The Morgan fingerprint density at radius 3 is 2.68 bits per heavy atom. The lowest BCUT2D eigenvalue weighted by molar-refractivity contribution is -0.135. The second-order valence-electron chi connectivity index (χ2n) is 8.73. The molecule has 31 heavy (non-hydrogen) atoms. The average molecular weight is 436 g/mol. The maximum Gasteiger partial charge on any atom is 0.270 e. The molecule has 1 aromatic heterocycles. The number of nitrogens with one attached hydrogen (secondary N) is 1. The molecule has 0 aliphatic carbocycles. The molecule has 2 saturated heterocycles. The summed E-state index contributed by atoms with van der Waals surface area (Å²) in [5, 5.41) is 1.57. The molecular formula is C25H26ClN3O2. The maximum atomic E-state index is 13.7. The number of benzene rings is 2. The van der Waals surface area contributed by atoms with Gasteiger partial charge in [0.05, 0.1) is 5.41 Å². The van der Waals surface area contributed by atoms with Gasteiger partial charge in [0.15, 0.2) is 0 Å². The van der Waals surface area contributed by atoms with Crippen LogP contribution >= 0.6 is 11.6 Å². The lowest BCUT2D eigenvalue weighted by Crippen LogP contribution is -2.38. The van der Waals surface area contributed by atoms with Crippen molar-refractivity contribution < 1.29 is 9.59 Å². The first kappa shape index (κ1) is 20.1. The van der Waals surface area contributed by atoms with Crippen molar-refractivity contribution in [3.8, 4) is 11.1 Å². The van der Waals surface area contributed by atoms with E-state index in [0.29, 0.717) is 23.8 Å². The lowest BCUT2D eigenvalue weighted by Gasteiger charge is -2.23. The fraction of sp³-hybridized carbons (Fsp3) is 0.360. The van der Waals surface area contributed by atoms with Gasteiger partial charge in [0, 0.05) is 47.7 Å². The summed E-state index contributed by atoms with van der Waals surface area (Å²) in [6, 6.07) is 15.6. The quantitative estimate of drug-likeness (QED) is 0.629. The standard InChI is InChI=1S/C25H26ClN3O2/c1-2-12-28-13-10-25(24(28)31)11-14-29(16-25)23(30)22-21(17-6-4-3-5-7-17)19-15-18(26)8-9-20(19)27-22/h3-9,15,27H,2,10-14,16H2,1H3. The molecule has 1 N–H and O–H groups in total. The number of likely N-dealkylation sites (tertiary alicyclic amines) is 2. The molecule has 5 rings (SSSR count). The molecule has 2 amide bonds. The summed E-state index contributed by atoms with van der Waals surface area (Å²) in [7, 11) is 0. The minimum atomic E-state index is -0.410. The van der Waals surface area contributed by atoms with Gasteiger partial charge in [-0.25, -0.2) is 0 Å².